The molecule has 1 N–H and O–H groups in total. The molecule has 0 radical (unpaired) electrons. The van der Waals surface area contributed by atoms with Crippen molar-refractivity contribution in [3.05, 3.63) is 28.9 Å². The number of carboxylic acids is 1. The molecule has 1 aliphatic carbocycles. The first-order valence-corrected chi connectivity index (χ1v) is 9.67. The molecule has 5 rings (SSSR count). The molecule has 4 heterocycles. The molecule has 2 aliphatic rings. The third-order valence-corrected chi connectivity index (χ3v) is 6.50. The third-order valence-electron chi connectivity index (χ3n) is 5.30. The van der Waals surface area contributed by atoms with Gasteiger partial charge in [-0.1, -0.05) is 0 Å². The second-order valence-corrected chi connectivity index (χ2v) is 7.89. The minimum Gasteiger partial charge on any atom is -0.475 e. The van der Waals surface area contributed by atoms with E-state index in [0.717, 1.165) is 36.5 Å². The summed E-state index contributed by atoms with van der Waals surface area (Å²) in [6.07, 6.45) is 8.48. The van der Waals surface area contributed by atoms with Crippen LogP contribution in [-0.4, -0.2) is 48.9 Å². The van der Waals surface area contributed by atoms with Gasteiger partial charge in [0.25, 0.3) is 0 Å². The van der Waals surface area contributed by atoms with Gasteiger partial charge in [-0.05, 0) is 37.7 Å². The molecular formula is C17H18N6O2S. The van der Waals surface area contributed by atoms with E-state index in [4.69, 9.17) is 0 Å². The zero-order chi connectivity index (χ0) is 17.7. The molecule has 0 spiro atoms. The first-order valence-electron chi connectivity index (χ1n) is 8.85. The summed E-state index contributed by atoms with van der Waals surface area (Å²) in [5.74, 6) is -0.0660. The number of carboxylic acid groups (broad SMARTS) is 1. The fraction of sp³-hybridized carbons (Fsp3) is 0.471. The van der Waals surface area contributed by atoms with Crippen LogP contribution in [0.3, 0.4) is 0 Å². The Balaban J connectivity index is 1.51. The van der Waals surface area contributed by atoms with Gasteiger partial charge >= 0.3 is 5.97 Å². The molecule has 0 bridgehead atoms. The highest BCUT2D eigenvalue weighted by Gasteiger charge is 2.31. The van der Waals surface area contributed by atoms with Crippen LogP contribution in [0.25, 0.3) is 10.2 Å². The number of aromatic nitrogens is 5. The Morgan fingerprint density at radius 1 is 1.19 bits per heavy atom. The fourth-order valence-electron chi connectivity index (χ4n) is 4.12. The van der Waals surface area contributed by atoms with E-state index in [2.05, 4.69) is 25.0 Å². The molecular weight excluding hydrogens is 352 g/mol. The van der Waals surface area contributed by atoms with Gasteiger partial charge in [0.1, 0.15) is 23.3 Å². The first-order chi connectivity index (χ1) is 12.7. The Hall–Kier alpha value is -2.55. The van der Waals surface area contributed by atoms with Gasteiger partial charge in [0.2, 0.25) is 5.82 Å². The number of nitrogens with zero attached hydrogens (tertiary/aromatic N) is 6. The minimum absolute atomic E-state index is 0.00222. The summed E-state index contributed by atoms with van der Waals surface area (Å²) in [4.78, 5) is 29.1. The van der Waals surface area contributed by atoms with Crippen molar-refractivity contribution in [1.82, 2.24) is 24.7 Å². The summed E-state index contributed by atoms with van der Waals surface area (Å²) in [5, 5.41) is 14.6. The third kappa shape index (κ3) is 2.38. The van der Waals surface area contributed by atoms with Crippen LogP contribution < -0.4 is 4.90 Å². The maximum Gasteiger partial charge on any atom is 0.373 e. The summed E-state index contributed by atoms with van der Waals surface area (Å²) >= 11 is 1.79. The second kappa shape index (κ2) is 6.01. The smallest absolute Gasteiger partial charge is 0.373 e. The van der Waals surface area contributed by atoms with Gasteiger partial charge in [-0.15, -0.1) is 11.3 Å². The van der Waals surface area contributed by atoms with Crippen LogP contribution in [-0.2, 0) is 12.8 Å². The van der Waals surface area contributed by atoms with E-state index in [-0.39, 0.29) is 11.9 Å². The number of rotatable bonds is 3. The molecule has 3 aromatic rings. The molecule has 0 amide bonds. The number of carbonyl (C=O) groups is 1. The molecule has 1 fully saturated rings. The van der Waals surface area contributed by atoms with E-state index >= 15 is 0 Å². The lowest BCUT2D eigenvalue weighted by molar-refractivity contribution is 0.0674. The summed E-state index contributed by atoms with van der Waals surface area (Å²) in [6.45, 7) is 1.50. The van der Waals surface area contributed by atoms with Gasteiger partial charge in [-0.2, -0.15) is 5.10 Å². The van der Waals surface area contributed by atoms with E-state index < -0.39 is 5.97 Å². The lowest BCUT2D eigenvalue weighted by Gasteiger charge is -2.20. The van der Waals surface area contributed by atoms with Crippen molar-refractivity contribution in [2.45, 2.75) is 38.1 Å². The van der Waals surface area contributed by atoms with Crippen LogP contribution in [0, 0.1) is 0 Å². The molecule has 0 aromatic carbocycles. The van der Waals surface area contributed by atoms with Crippen molar-refractivity contribution < 1.29 is 9.90 Å². The summed E-state index contributed by atoms with van der Waals surface area (Å²) in [6, 6.07) is -0.0110. The Morgan fingerprint density at radius 3 is 2.96 bits per heavy atom. The van der Waals surface area contributed by atoms with Gasteiger partial charge in [0.05, 0.1) is 11.4 Å². The fourth-order valence-corrected chi connectivity index (χ4v) is 5.34. The molecule has 0 saturated carbocycles. The zero-order valence-corrected chi connectivity index (χ0v) is 14.9. The Labute approximate surface area is 153 Å². The van der Waals surface area contributed by atoms with E-state index in [0.29, 0.717) is 6.54 Å². The topological polar surface area (TPSA) is 97.0 Å². The van der Waals surface area contributed by atoms with Crippen molar-refractivity contribution in [2.24, 2.45) is 0 Å². The highest BCUT2D eigenvalue weighted by Crippen LogP contribution is 2.40. The molecule has 134 valence electrons. The number of aromatic carboxylic acids is 1. The first kappa shape index (κ1) is 15.7. The van der Waals surface area contributed by atoms with Crippen molar-refractivity contribution in [3.63, 3.8) is 0 Å². The molecule has 26 heavy (non-hydrogen) atoms. The molecule has 9 heteroatoms. The largest absolute Gasteiger partial charge is 0.475 e. The number of aryl methyl sites for hydroxylation is 2. The number of thiophene rings is 1. The Bertz CT molecular complexity index is 996. The minimum atomic E-state index is -1.04. The molecule has 8 nitrogen and oxygen atoms in total. The van der Waals surface area contributed by atoms with Gasteiger partial charge < -0.3 is 10.0 Å². The molecule has 1 saturated heterocycles. The maximum absolute atomic E-state index is 11.3. The van der Waals surface area contributed by atoms with E-state index in [1.807, 2.05) is 0 Å². The van der Waals surface area contributed by atoms with Gasteiger partial charge in [-0.3, -0.25) is 0 Å². The van der Waals surface area contributed by atoms with Crippen LogP contribution in [0.4, 0.5) is 5.82 Å². The van der Waals surface area contributed by atoms with Crippen molar-refractivity contribution in [2.75, 3.05) is 18.0 Å². The predicted octanol–water partition coefficient (Wildman–Crippen LogP) is 2.31. The number of hydrogen-bond acceptors (Lipinski definition) is 7. The quantitative estimate of drug-likeness (QED) is 0.755. The van der Waals surface area contributed by atoms with Crippen LogP contribution in [0.1, 0.15) is 46.4 Å². The van der Waals surface area contributed by atoms with Crippen LogP contribution in [0.15, 0.2) is 12.7 Å². The lowest BCUT2D eigenvalue weighted by Crippen LogP contribution is -2.24. The summed E-state index contributed by atoms with van der Waals surface area (Å²) < 4.78 is 1.53. The normalized spacial score (nSPS) is 19.8. The monoisotopic (exact) mass is 370 g/mol. The number of hydrogen-bond donors (Lipinski definition) is 1. The van der Waals surface area contributed by atoms with Gasteiger partial charge in [0, 0.05) is 18.0 Å². The molecule has 1 atom stereocenters. The maximum atomic E-state index is 11.3. The highest BCUT2D eigenvalue weighted by molar-refractivity contribution is 7.19. The van der Waals surface area contributed by atoms with Crippen molar-refractivity contribution >= 4 is 33.3 Å². The van der Waals surface area contributed by atoms with Gasteiger partial charge in [-0.25, -0.2) is 24.4 Å². The standard InChI is InChI=1S/C17H18N6O2S/c24-17(25)15-19-9-21-23(15)10-5-6-22(7-10)14-13-11-3-1-2-4-12(11)26-16(13)20-8-18-14/h8-10H,1-7H2,(H,24,25). The molecule has 3 aromatic heterocycles. The number of fused-ring (bicyclic) bond motifs is 3. The van der Waals surface area contributed by atoms with E-state index in [9.17, 15) is 9.90 Å². The van der Waals surface area contributed by atoms with Gasteiger partial charge in [0.15, 0.2) is 0 Å². The second-order valence-electron chi connectivity index (χ2n) is 6.81. The predicted molar refractivity (Wildman–Crippen MR) is 96.9 cm³/mol. The SMILES string of the molecule is O=C(O)c1ncnn1C1CCN(c2ncnc3sc4c(c23)CCCC4)C1. The van der Waals surface area contributed by atoms with E-state index in [1.165, 1.54) is 39.7 Å². The highest BCUT2D eigenvalue weighted by atomic mass is 32.1. The van der Waals surface area contributed by atoms with Crippen LogP contribution >= 0.6 is 11.3 Å². The summed E-state index contributed by atoms with van der Waals surface area (Å²) in [5.41, 5.74) is 1.42. The average molecular weight is 370 g/mol. The Kier molecular flexibility index (Phi) is 3.63. The summed E-state index contributed by atoms with van der Waals surface area (Å²) in [7, 11) is 0. The van der Waals surface area contributed by atoms with Crippen LogP contribution in [0.5, 0.6) is 0 Å². The molecule has 1 unspecified atom stereocenters. The number of anilines is 1. The molecule has 1 aliphatic heterocycles. The average Bonchev–Trinajstić information content (AvgIpc) is 3.37. The van der Waals surface area contributed by atoms with Crippen LogP contribution in [0.2, 0.25) is 0 Å². The Morgan fingerprint density at radius 2 is 2.08 bits per heavy atom. The van der Waals surface area contributed by atoms with Crippen molar-refractivity contribution in [1.29, 1.82) is 0 Å². The van der Waals surface area contributed by atoms with E-state index in [1.54, 1.807) is 17.7 Å². The lowest BCUT2D eigenvalue weighted by atomic mass is 9.97. The zero-order valence-electron chi connectivity index (χ0n) is 14.1. The van der Waals surface area contributed by atoms with Crippen molar-refractivity contribution in [3.8, 4) is 0 Å².